The van der Waals surface area contributed by atoms with Crippen LogP contribution in [-0.4, -0.2) is 28.8 Å². The number of nitrogens with zero attached hydrogens (tertiary/aromatic N) is 3. The molecule has 0 aromatic carbocycles. The monoisotopic (exact) mass is 252 g/mol. The lowest BCUT2D eigenvalue weighted by Crippen LogP contribution is -2.38. The highest BCUT2D eigenvalue weighted by Crippen LogP contribution is 2.33. The summed E-state index contributed by atoms with van der Waals surface area (Å²) in [6.45, 7) is 10.6. The van der Waals surface area contributed by atoms with Gasteiger partial charge >= 0.3 is 6.01 Å². The molecule has 1 N–H and O–H groups in total. The number of hydrogen-bond donors (Lipinski definition) is 1. The number of hydrogen-bond acceptors (Lipinski definition) is 5. The minimum absolute atomic E-state index is 0.122. The van der Waals surface area contributed by atoms with Crippen LogP contribution in [0.3, 0.4) is 0 Å². The molecule has 0 aliphatic carbocycles. The Hall–Kier alpha value is -1.10. The predicted octanol–water partition coefficient (Wildman–Crippen LogP) is 2.51. The summed E-state index contributed by atoms with van der Waals surface area (Å²) in [5.74, 6) is 0.682. The summed E-state index contributed by atoms with van der Waals surface area (Å²) in [5.41, 5.74) is 0.129. The van der Waals surface area contributed by atoms with E-state index in [1.54, 1.807) is 0 Å². The van der Waals surface area contributed by atoms with Crippen LogP contribution in [0.4, 0.5) is 6.01 Å². The molecule has 102 valence electrons. The molecule has 18 heavy (non-hydrogen) atoms. The molecule has 2 heterocycles. The maximum absolute atomic E-state index is 5.80. The minimum atomic E-state index is 0.122. The third-order valence-corrected chi connectivity index (χ3v) is 3.63. The van der Waals surface area contributed by atoms with Gasteiger partial charge in [-0.05, 0) is 46.6 Å². The van der Waals surface area contributed by atoms with E-state index in [1.807, 2.05) is 0 Å². The molecule has 1 fully saturated rings. The first-order chi connectivity index (χ1) is 8.54. The SMILES string of the molecule is CCCNC(C)c1nnc(N2CCCC2(C)C)o1. The molecule has 1 aromatic heterocycles. The van der Waals surface area contributed by atoms with Crippen LogP contribution in [0.2, 0.25) is 0 Å². The van der Waals surface area contributed by atoms with Crippen molar-refractivity contribution in [3.63, 3.8) is 0 Å². The van der Waals surface area contributed by atoms with Crippen molar-refractivity contribution in [1.82, 2.24) is 15.5 Å². The van der Waals surface area contributed by atoms with Gasteiger partial charge in [-0.2, -0.15) is 0 Å². The van der Waals surface area contributed by atoms with Gasteiger partial charge in [-0.25, -0.2) is 0 Å². The van der Waals surface area contributed by atoms with E-state index in [2.05, 4.69) is 48.1 Å². The third-order valence-electron chi connectivity index (χ3n) is 3.63. The van der Waals surface area contributed by atoms with Gasteiger partial charge in [0.2, 0.25) is 5.89 Å². The van der Waals surface area contributed by atoms with Crippen molar-refractivity contribution >= 4 is 6.01 Å². The van der Waals surface area contributed by atoms with Crippen molar-refractivity contribution in [2.24, 2.45) is 0 Å². The maximum Gasteiger partial charge on any atom is 0.318 e. The molecular weight excluding hydrogens is 228 g/mol. The van der Waals surface area contributed by atoms with Crippen molar-refractivity contribution < 1.29 is 4.42 Å². The van der Waals surface area contributed by atoms with E-state index in [9.17, 15) is 0 Å². The Morgan fingerprint density at radius 1 is 1.44 bits per heavy atom. The average molecular weight is 252 g/mol. The molecular formula is C13H24N4O. The summed E-state index contributed by atoms with van der Waals surface area (Å²) in [6.07, 6.45) is 3.47. The topological polar surface area (TPSA) is 54.2 Å². The zero-order valence-electron chi connectivity index (χ0n) is 11.9. The molecule has 0 amide bonds. The van der Waals surface area contributed by atoms with Gasteiger partial charge in [0, 0.05) is 12.1 Å². The second-order valence-corrected chi connectivity index (χ2v) is 5.67. The van der Waals surface area contributed by atoms with Crippen LogP contribution in [0.15, 0.2) is 4.42 Å². The lowest BCUT2D eigenvalue weighted by atomic mass is 10.0. The van der Waals surface area contributed by atoms with Crippen LogP contribution in [-0.2, 0) is 0 Å². The zero-order chi connectivity index (χ0) is 13.2. The second-order valence-electron chi connectivity index (χ2n) is 5.67. The van der Waals surface area contributed by atoms with E-state index < -0.39 is 0 Å². The van der Waals surface area contributed by atoms with Crippen LogP contribution in [0, 0.1) is 0 Å². The predicted molar refractivity (Wildman–Crippen MR) is 71.7 cm³/mol. The normalized spacial score (nSPS) is 20.3. The Morgan fingerprint density at radius 2 is 2.22 bits per heavy atom. The van der Waals surface area contributed by atoms with Gasteiger partial charge in [0.05, 0.1) is 6.04 Å². The van der Waals surface area contributed by atoms with E-state index >= 15 is 0 Å². The Bertz CT molecular complexity index is 388. The highest BCUT2D eigenvalue weighted by Gasteiger charge is 2.35. The summed E-state index contributed by atoms with van der Waals surface area (Å²) in [4.78, 5) is 2.22. The Morgan fingerprint density at radius 3 is 2.83 bits per heavy atom. The van der Waals surface area contributed by atoms with E-state index in [-0.39, 0.29) is 11.6 Å². The van der Waals surface area contributed by atoms with E-state index in [4.69, 9.17) is 4.42 Å². The molecule has 0 spiro atoms. The Balaban J connectivity index is 2.06. The Labute approximate surface area is 109 Å². The fourth-order valence-electron chi connectivity index (χ4n) is 2.42. The molecule has 1 atom stereocenters. The molecule has 5 heteroatoms. The van der Waals surface area contributed by atoms with Crippen molar-refractivity contribution in [2.45, 2.75) is 58.5 Å². The van der Waals surface area contributed by atoms with Gasteiger partial charge in [0.15, 0.2) is 0 Å². The fourth-order valence-corrected chi connectivity index (χ4v) is 2.42. The van der Waals surface area contributed by atoms with Gasteiger partial charge in [-0.15, -0.1) is 5.10 Å². The highest BCUT2D eigenvalue weighted by molar-refractivity contribution is 5.32. The highest BCUT2D eigenvalue weighted by atomic mass is 16.4. The van der Waals surface area contributed by atoms with E-state index in [1.165, 1.54) is 12.8 Å². The lowest BCUT2D eigenvalue weighted by Gasteiger charge is -2.29. The third kappa shape index (κ3) is 2.66. The van der Waals surface area contributed by atoms with Gasteiger partial charge in [-0.3, -0.25) is 0 Å². The molecule has 1 aliphatic rings. The summed E-state index contributed by atoms with van der Waals surface area (Å²) in [5, 5.41) is 11.7. The smallest absolute Gasteiger partial charge is 0.318 e. The van der Waals surface area contributed by atoms with Crippen molar-refractivity contribution in [3.05, 3.63) is 5.89 Å². The quantitative estimate of drug-likeness (QED) is 0.872. The van der Waals surface area contributed by atoms with Crippen LogP contribution in [0.5, 0.6) is 0 Å². The second kappa shape index (κ2) is 5.26. The lowest BCUT2D eigenvalue weighted by molar-refractivity contribution is 0.398. The summed E-state index contributed by atoms with van der Waals surface area (Å²) >= 11 is 0. The van der Waals surface area contributed by atoms with E-state index in [0.717, 1.165) is 19.5 Å². The molecule has 1 aromatic rings. The van der Waals surface area contributed by atoms with Crippen LogP contribution in [0.1, 0.15) is 58.9 Å². The number of nitrogens with one attached hydrogen (secondary N) is 1. The van der Waals surface area contributed by atoms with Crippen LogP contribution in [0.25, 0.3) is 0 Å². The zero-order valence-corrected chi connectivity index (χ0v) is 11.9. The summed E-state index contributed by atoms with van der Waals surface area (Å²) in [7, 11) is 0. The number of anilines is 1. The summed E-state index contributed by atoms with van der Waals surface area (Å²) in [6, 6.07) is 0.787. The molecule has 2 rings (SSSR count). The van der Waals surface area contributed by atoms with Crippen molar-refractivity contribution in [1.29, 1.82) is 0 Å². The average Bonchev–Trinajstić information content (AvgIpc) is 2.91. The molecule has 1 saturated heterocycles. The minimum Gasteiger partial charge on any atom is -0.406 e. The molecule has 0 saturated carbocycles. The molecule has 1 unspecified atom stereocenters. The van der Waals surface area contributed by atoms with E-state index in [0.29, 0.717) is 11.9 Å². The molecule has 5 nitrogen and oxygen atoms in total. The number of rotatable bonds is 5. The maximum atomic E-state index is 5.80. The van der Waals surface area contributed by atoms with Crippen molar-refractivity contribution in [2.75, 3.05) is 18.0 Å². The standard InChI is InChI=1S/C13H24N4O/c1-5-8-14-10(2)11-15-16-12(18-11)17-9-6-7-13(17,3)4/h10,14H,5-9H2,1-4H3. The van der Waals surface area contributed by atoms with Gasteiger partial charge < -0.3 is 14.6 Å². The molecule has 0 bridgehead atoms. The molecule has 0 radical (unpaired) electrons. The van der Waals surface area contributed by atoms with Gasteiger partial charge in [0.25, 0.3) is 0 Å². The van der Waals surface area contributed by atoms with Crippen LogP contribution < -0.4 is 10.2 Å². The number of aromatic nitrogens is 2. The first kappa shape index (κ1) is 13.3. The summed E-state index contributed by atoms with van der Waals surface area (Å²) < 4.78 is 5.80. The first-order valence-electron chi connectivity index (χ1n) is 6.89. The largest absolute Gasteiger partial charge is 0.406 e. The Kier molecular flexibility index (Phi) is 3.90. The molecule has 1 aliphatic heterocycles. The fraction of sp³-hybridized carbons (Fsp3) is 0.846. The van der Waals surface area contributed by atoms with Gasteiger partial charge in [-0.1, -0.05) is 12.0 Å². The van der Waals surface area contributed by atoms with Crippen molar-refractivity contribution in [3.8, 4) is 0 Å². The van der Waals surface area contributed by atoms with Crippen LogP contribution >= 0.6 is 0 Å². The first-order valence-corrected chi connectivity index (χ1v) is 6.89. The van der Waals surface area contributed by atoms with Gasteiger partial charge in [0.1, 0.15) is 0 Å².